The summed E-state index contributed by atoms with van der Waals surface area (Å²) in [4.78, 5) is 26.6. The third-order valence-electron chi connectivity index (χ3n) is 6.73. The fourth-order valence-corrected chi connectivity index (χ4v) is 4.40. The zero-order chi connectivity index (χ0) is 24.4. The van der Waals surface area contributed by atoms with Crippen molar-refractivity contribution >= 4 is 20.3 Å². The summed E-state index contributed by atoms with van der Waals surface area (Å²) in [6.07, 6.45) is -1.37. The number of furan rings is 1. The molecule has 0 aliphatic carbocycles. The Morgan fingerprint density at radius 1 is 1.21 bits per heavy atom. The molecule has 1 aliphatic rings. The Balaban J connectivity index is 1.66. The van der Waals surface area contributed by atoms with E-state index < -0.39 is 38.4 Å². The van der Waals surface area contributed by atoms with E-state index in [1.54, 1.807) is 19.1 Å². The van der Waals surface area contributed by atoms with Crippen LogP contribution in [-0.4, -0.2) is 43.0 Å². The van der Waals surface area contributed by atoms with Crippen molar-refractivity contribution < 1.29 is 28.3 Å². The van der Waals surface area contributed by atoms with Crippen molar-refractivity contribution in [2.45, 2.75) is 71.0 Å². The minimum atomic E-state index is -1.95. The predicted molar refractivity (Wildman–Crippen MR) is 127 cm³/mol. The molecule has 2 aromatic rings. The van der Waals surface area contributed by atoms with Gasteiger partial charge >= 0.3 is 6.09 Å². The molecule has 1 N–H and O–H groups in total. The number of cyclic esters (lactones) is 1. The van der Waals surface area contributed by atoms with Crippen LogP contribution in [0.5, 0.6) is 0 Å². The standard InChI is InChI=1S/C25H35NO6Si/c1-17(22(27)21-13-12-20(32-21)16-31-33(5,6)25(2,3)4)23(28)26-19(15-30-24(26)29)14-18-10-8-7-9-11-18/h7-13,17,19,22,27H,14-16H2,1-6H3/t17-,19-,22-/m0/s1. The summed E-state index contributed by atoms with van der Waals surface area (Å²) in [5, 5.41) is 10.9. The molecule has 2 amide bonds. The van der Waals surface area contributed by atoms with E-state index in [1.165, 1.54) is 0 Å². The van der Waals surface area contributed by atoms with Gasteiger partial charge in [-0.3, -0.25) is 4.79 Å². The van der Waals surface area contributed by atoms with Gasteiger partial charge in [-0.1, -0.05) is 58.0 Å². The van der Waals surface area contributed by atoms with Crippen molar-refractivity contribution in [3.63, 3.8) is 0 Å². The van der Waals surface area contributed by atoms with Gasteiger partial charge in [-0.15, -0.1) is 0 Å². The Labute approximate surface area is 196 Å². The number of hydrogen-bond acceptors (Lipinski definition) is 6. The molecule has 1 aliphatic heterocycles. The van der Waals surface area contributed by atoms with E-state index in [2.05, 4.69) is 33.9 Å². The predicted octanol–water partition coefficient (Wildman–Crippen LogP) is 5.06. The van der Waals surface area contributed by atoms with Crippen LogP contribution in [0.4, 0.5) is 4.79 Å². The fraction of sp³-hybridized carbons (Fsp3) is 0.520. The van der Waals surface area contributed by atoms with Crippen LogP contribution in [0, 0.1) is 5.92 Å². The van der Waals surface area contributed by atoms with Crippen molar-refractivity contribution in [2.24, 2.45) is 5.92 Å². The average molecular weight is 474 g/mol. The average Bonchev–Trinajstić information content (AvgIpc) is 3.37. The highest BCUT2D eigenvalue weighted by Gasteiger charge is 2.42. The summed E-state index contributed by atoms with van der Waals surface area (Å²) in [7, 11) is -1.95. The quantitative estimate of drug-likeness (QED) is 0.539. The summed E-state index contributed by atoms with van der Waals surface area (Å²) in [6.45, 7) is 12.9. The zero-order valence-corrected chi connectivity index (χ0v) is 21.3. The van der Waals surface area contributed by atoms with Crippen LogP contribution in [0.25, 0.3) is 0 Å². The van der Waals surface area contributed by atoms with E-state index in [9.17, 15) is 14.7 Å². The highest BCUT2D eigenvalue weighted by atomic mass is 28.4. The second-order valence-corrected chi connectivity index (χ2v) is 15.0. The number of hydrogen-bond donors (Lipinski definition) is 1. The molecule has 1 aromatic heterocycles. The summed E-state index contributed by atoms with van der Waals surface area (Å²) >= 11 is 0. The van der Waals surface area contributed by atoms with Gasteiger partial charge in [0.2, 0.25) is 5.91 Å². The molecule has 1 aromatic carbocycles. The van der Waals surface area contributed by atoms with Crippen LogP contribution < -0.4 is 0 Å². The summed E-state index contributed by atoms with van der Waals surface area (Å²) in [6, 6.07) is 12.6. The monoisotopic (exact) mass is 473 g/mol. The number of imide groups is 1. The highest BCUT2D eigenvalue weighted by molar-refractivity contribution is 6.74. The van der Waals surface area contributed by atoms with Gasteiger partial charge in [0, 0.05) is 0 Å². The van der Waals surface area contributed by atoms with Gasteiger partial charge in [-0.25, -0.2) is 9.69 Å². The molecule has 0 unspecified atom stereocenters. The third-order valence-corrected chi connectivity index (χ3v) is 11.2. The molecule has 0 radical (unpaired) electrons. The van der Waals surface area contributed by atoms with Crippen LogP contribution in [0.2, 0.25) is 18.1 Å². The second-order valence-electron chi connectivity index (χ2n) is 10.2. The molecule has 0 spiro atoms. The third kappa shape index (κ3) is 5.74. The van der Waals surface area contributed by atoms with Gasteiger partial charge in [-0.2, -0.15) is 0 Å². The van der Waals surface area contributed by atoms with Gasteiger partial charge in [0.05, 0.1) is 18.6 Å². The first-order valence-electron chi connectivity index (χ1n) is 11.3. The molecule has 8 heteroatoms. The van der Waals surface area contributed by atoms with E-state index in [0.717, 1.165) is 10.5 Å². The molecule has 180 valence electrons. The van der Waals surface area contributed by atoms with Gasteiger partial charge in [0.25, 0.3) is 0 Å². The normalized spacial score (nSPS) is 18.8. The fourth-order valence-electron chi connectivity index (χ4n) is 3.47. The van der Waals surface area contributed by atoms with E-state index in [4.69, 9.17) is 13.6 Å². The maximum atomic E-state index is 13.1. The SMILES string of the molecule is C[C@H](C(=O)N1C(=O)OC[C@@H]1Cc1ccccc1)[C@H](O)c1ccc(CO[Si](C)(C)C(C)(C)C)o1. The van der Waals surface area contributed by atoms with E-state index in [0.29, 0.717) is 18.8 Å². The summed E-state index contributed by atoms with van der Waals surface area (Å²) in [5.74, 6) is -0.497. The van der Waals surface area contributed by atoms with Gasteiger partial charge < -0.3 is 18.7 Å². The number of amides is 2. The van der Waals surface area contributed by atoms with Gasteiger partial charge in [0.1, 0.15) is 24.2 Å². The van der Waals surface area contributed by atoms with Crippen LogP contribution in [-0.2, 0) is 27.0 Å². The molecule has 1 saturated heterocycles. The number of aliphatic hydroxyl groups is 1. The Morgan fingerprint density at radius 3 is 2.52 bits per heavy atom. The van der Waals surface area contributed by atoms with Crippen LogP contribution >= 0.6 is 0 Å². The van der Waals surface area contributed by atoms with Crippen molar-refractivity contribution in [1.82, 2.24) is 4.90 Å². The molecule has 7 nitrogen and oxygen atoms in total. The molecule has 1 fully saturated rings. The van der Waals surface area contributed by atoms with Crippen molar-refractivity contribution in [1.29, 1.82) is 0 Å². The Hall–Kier alpha value is -2.42. The minimum absolute atomic E-state index is 0.0729. The van der Waals surface area contributed by atoms with Crippen LogP contribution in [0.3, 0.4) is 0 Å². The largest absolute Gasteiger partial charge is 0.461 e. The number of ether oxygens (including phenoxy) is 1. The summed E-state index contributed by atoms with van der Waals surface area (Å²) in [5.41, 5.74) is 1.00. The molecule has 0 bridgehead atoms. The second kappa shape index (κ2) is 9.83. The number of rotatable bonds is 8. The van der Waals surface area contributed by atoms with Crippen molar-refractivity contribution in [3.05, 3.63) is 59.5 Å². The molecule has 33 heavy (non-hydrogen) atoms. The molecule has 3 rings (SSSR count). The first-order valence-corrected chi connectivity index (χ1v) is 14.3. The first kappa shape index (κ1) is 25.2. The Bertz CT molecular complexity index is 965. The van der Waals surface area contributed by atoms with Gasteiger partial charge in [-0.05, 0) is 42.2 Å². The lowest BCUT2D eigenvalue weighted by molar-refractivity contribution is -0.137. The number of carbonyl (C=O) groups is 2. The highest BCUT2D eigenvalue weighted by Crippen LogP contribution is 2.37. The van der Waals surface area contributed by atoms with Gasteiger partial charge in [0.15, 0.2) is 8.32 Å². The lowest BCUT2D eigenvalue weighted by Gasteiger charge is -2.35. The number of benzene rings is 1. The maximum Gasteiger partial charge on any atom is 0.416 e. The zero-order valence-electron chi connectivity index (χ0n) is 20.3. The first-order chi connectivity index (χ1) is 15.4. The molecule has 2 heterocycles. The molecular weight excluding hydrogens is 438 g/mol. The van der Waals surface area contributed by atoms with Crippen LogP contribution in [0.1, 0.15) is 50.9 Å². The van der Waals surface area contributed by atoms with E-state index in [-0.39, 0.29) is 17.4 Å². The summed E-state index contributed by atoms with van der Waals surface area (Å²) < 4.78 is 17.1. The number of aliphatic hydroxyl groups excluding tert-OH is 1. The Morgan fingerprint density at radius 2 is 1.88 bits per heavy atom. The molecule has 0 saturated carbocycles. The topological polar surface area (TPSA) is 89.2 Å². The minimum Gasteiger partial charge on any atom is -0.461 e. The van der Waals surface area contributed by atoms with E-state index >= 15 is 0 Å². The smallest absolute Gasteiger partial charge is 0.416 e. The number of carbonyl (C=O) groups excluding carboxylic acids is 2. The molecule has 3 atom stereocenters. The van der Waals surface area contributed by atoms with Crippen molar-refractivity contribution in [2.75, 3.05) is 6.61 Å². The lowest BCUT2D eigenvalue weighted by Crippen LogP contribution is -2.44. The maximum absolute atomic E-state index is 13.1. The number of nitrogens with zero attached hydrogens (tertiary/aromatic N) is 1. The Kier molecular flexibility index (Phi) is 7.51. The lowest BCUT2D eigenvalue weighted by atomic mass is 9.99. The van der Waals surface area contributed by atoms with Crippen molar-refractivity contribution in [3.8, 4) is 0 Å². The molecular formula is C25H35NO6Si. The van der Waals surface area contributed by atoms with Crippen LogP contribution in [0.15, 0.2) is 46.9 Å². The van der Waals surface area contributed by atoms with E-state index in [1.807, 2.05) is 30.3 Å².